The van der Waals surface area contributed by atoms with Crippen molar-refractivity contribution < 1.29 is 0 Å². The van der Waals surface area contributed by atoms with Crippen LogP contribution in [0.1, 0.15) is 20.8 Å². The van der Waals surface area contributed by atoms with Crippen molar-refractivity contribution in [3.63, 3.8) is 0 Å². The molecule has 3 heteroatoms. The summed E-state index contributed by atoms with van der Waals surface area (Å²) in [4.78, 5) is 0. The second kappa shape index (κ2) is 2.95. The van der Waals surface area contributed by atoms with Gasteiger partial charge >= 0.3 is 85.0 Å². The molecule has 0 atom stereocenters. The van der Waals surface area contributed by atoms with Crippen molar-refractivity contribution in [2.24, 2.45) is 10.5 Å². The molecule has 2 nitrogen and oxygen atoms in total. The van der Waals surface area contributed by atoms with Crippen LogP contribution in [0.25, 0.3) is 0 Å². The van der Waals surface area contributed by atoms with E-state index in [1.54, 1.807) is 0 Å². The quantitative estimate of drug-likeness (QED) is 0.583. The van der Waals surface area contributed by atoms with Gasteiger partial charge in [0.2, 0.25) is 0 Å². The summed E-state index contributed by atoms with van der Waals surface area (Å²) >= 11 is 0.129. The fourth-order valence-corrected chi connectivity index (χ4v) is 3.39. The van der Waals surface area contributed by atoms with Gasteiger partial charge in [0, 0.05) is 0 Å². The number of hydrogen-bond donors (Lipinski definition) is 0. The van der Waals surface area contributed by atoms with E-state index >= 15 is 0 Å². The molecule has 0 aromatic rings. The van der Waals surface area contributed by atoms with Gasteiger partial charge in [0.1, 0.15) is 0 Å². The topological polar surface area (TPSA) is 15.6 Å². The van der Waals surface area contributed by atoms with Crippen LogP contribution in [0.5, 0.6) is 0 Å². The molecular formula is C10H13AsN2. The molecule has 0 aromatic carbocycles. The number of rotatable bonds is 0. The Hall–Kier alpha value is -0.622. The number of hydrogen-bond acceptors (Lipinski definition) is 2. The molecule has 0 fully saturated rings. The molecule has 0 radical (unpaired) electrons. The molecule has 0 N–H and O–H groups in total. The molecule has 0 aromatic heterocycles. The van der Waals surface area contributed by atoms with Crippen molar-refractivity contribution in [2.45, 2.75) is 20.8 Å². The Balaban J connectivity index is 2.33. The van der Waals surface area contributed by atoms with Gasteiger partial charge in [-0.3, -0.25) is 0 Å². The van der Waals surface area contributed by atoms with Gasteiger partial charge in [0.15, 0.2) is 0 Å². The van der Waals surface area contributed by atoms with Crippen LogP contribution in [0.4, 0.5) is 0 Å². The Bertz CT molecular complexity index is 342. The van der Waals surface area contributed by atoms with E-state index in [9.17, 15) is 0 Å². The molecule has 0 aliphatic carbocycles. The van der Waals surface area contributed by atoms with E-state index in [1.807, 2.05) is 17.3 Å². The minimum absolute atomic E-state index is 0.129. The third kappa shape index (κ3) is 1.68. The average molecular weight is 236 g/mol. The third-order valence-electron chi connectivity index (χ3n) is 1.91. The van der Waals surface area contributed by atoms with E-state index in [4.69, 9.17) is 0 Å². The summed E-state index contributed by atoms with van der Waals surface area (Å²) in [6, 6.07) is 0. The van der Waals surface area contributed by atoms with Gasteiger partial charge in [-0.2, -0.15) is 0 Å². The summed E-state index contributed by atoms with van der Waals surface area (Å²) in [6.45, 7) is 6.69. The van der Waals surface area contributed by atoms with Gasteiger partial charge in [-0.1, -0.05) is 0 Å². The zero-order valence-electron chi connectivity index (χ0n) is 8.15. The van der Waals surface area contributed by atoms with E-state index in [1.165, 1.54) is 8.93 Å². The summed E-state index contributed by atoms with van der Waals surface area (Å²) in [6.07, 6.45) is 8.31. The molecule has 2 rings (SSSR count). The summed E-state index contributed by atoms with van der Waals surface area (Å²) in [5.41, 5.74) is 0.228. The maximum atomic E-state index is 4.60. The molecule has 0 amide bonds. The Morgan fingerprint density at radius 2 is 2.08 bits per heavy atom. The normalized spacial score (nSPS) is 21.3. The van der Waals surface area contributed by atoms with Crippen LogP contribution in [-0.2, 0) is 0 Å². The monoisotopic (exact) mass is 236 g/mol. The van der Waals surface area contributed by atoms with E-state index < -0.39 is 0 Å². The fraction of sp³-hybridized carbons (Fsp3) is 0.400. The molecule has 0 unspecified atom stereocenters. The Morgan fingerprint density at radius 3 is 2.69 bits per heavy atom. The number of allylic oxidation sites excluding steroid dienone is 2. The van der Waals surface area contributed by atoms with E-state index in [0.717, 1.165) is 0 Å². The molecular weight excluding hydrogens is 223 g/mol. The van der Waals surface area contributed by atoms with Crippen LogP contribution in [-0.4, -0.2) is 29.2 Å². The van der Waals surface area contributed by atoms with Crippen LogP contribution < -0.4 is 0 Å². The fourth-order valence-electron chi connectivity index (χ4n) is 1.15. The zero-order valence-corrected chi connectivity index (χ0v) is 10.0. The molecule has 13 heavy (non-hydrogen) atoms. The molecule has 68 valence electrons. The third-order valence-corrected chi connectivity index (χ3v) is 5.17. The van der Waals surface area contributed by atoms with Crippen LogP contribution in [0.3, 0.4) is 0 Å². The molecule has 2 heterocycles. The Morgan fingerprint density at radius 1 is 1.31 bits per heavy atom. The second-order valence-corrected chi connectivity index (χ2v) is 6.51. The SMILES string of the molecule is CC(C)(C)C1=NN2C=CC=CC2=[As]1. The van der Waals surface area contributed by atoms with Gasteiger partial charge in [-0.25, -0.2) is 0 Å². The summed E-state index contributed by atoms with van der Waals surface area (Å²) in [5.74, 6) is 0. The van der Waals surface area contributed by atoms with Crippen molar-refractivity contribution in [1.29, 1.82) is 0 Å². The average Bonchev–Trinajstić information content (AvgIpc) is 2.45. The first-order valence-electron chi connectivity index (χ1n) is 4.39. The van der Waals surface area contributed by atoms with E-state index in [2.05, 4.69) is 38.0 Å². The standard InChI is InChI=1S/C10H13AsN2/c1-10(2,3)9-11-8-6-4-5-7-13(8)12-9/h4-7H,1-3H3. The second-order valence-electron chi connectivity index (χ2n) is 4.19. The number of hydrazone groups is 1. The molecule has 2 aliphatic heterocycles. The van der Waals surface area contributed by atoms with Crippen LogP contribution in [0.2, 0.25) is 0 Å². The predicted octanol–water partition coefficient (Wildman–Crippen LogP) is 1.58. The van der Waals surface area contributed by atoms with Crippen LogP contribution >= 0.6 is 0 Å². The Labute approximate surface area is 85.2 Å². The molecule has 0 bridgehead atoms. The molecule has 0 spiro atoms. The van der Waals surface area contributed by atoms with Gasteiger partial charge in [-0.15, -0.1) is 0 Å². The van der Waals surface area contributed by atoms with Crippen molar-refractivity contribution >= 4 is 24.2 Å². The summed E-state index contributed by atoms with van der Waals surface area (Å²) in [5, 5.41) is 6.61. The van der Waals surface area contributed by atoms with Crippen molar-refractivity contribution in [3.8, 4) is 0 Å². The van der Waals surface area contributed by atoms with Crippen LogP contribution in [0, 0.1) is 5.41 Å². The van der Waals surface area contributed by atoms with E-state index in [0.29, 0.717) is 0 Å². The van der Waals surface area contributed by atoms with Gasteiger partial charge in [0.05, 0.1) is 0 Å². The maximum absolute atomic E-state index is 4.60. The molecule has 2 aliphatic rings. The first-order valence-corrected chi connectivity index (χ1v) is 6.27. The van der Waals surface area contributed by atoms with Gasteiger partial charge in [0.25, 0.3) is 0 Å². The summed E-state index contributed by atoms with van der Waals surface area (Å²) in [7, 11) is 0. The minimum atomic E-state index is 0.129. The van der Waals surface area contributed by atoms with Gasteiger partial charge in [-0.05, 0) is 0 Å². The van der Waals surface area contributed by atoms with Crippen molar-refractivity contribution in [2.75, 3.05) is 0 Å². The number of nitrogens with zero attached hydrogens (tertiary/aromatic N) is 2. The first kappa shape index (κ1) is 8.95. The van der Waals surface area contributed by atoms with Crippen molar-refractivity contribution in [3.05, 3.63) is 24.4 Å². The van der Waals surface area contributed by atoms with Crippen LogP contribution in [0.15, 0.2) is 29.5 Å². The predicted molar refractivity (Wildman–Crippen MR) is 57.8 cm³/mol. The molecule has 0 saturated heterocycles. The zero-order chi connectivity index (χ0) is 9.47. The van der Waals surface area contributed by atoms with E-state index in [-0.39, 0.29) is 20.7 Å². The number of fused-ring (bicyclic) bond motifs is 1. The van der Waals surface area contributed by atoms with Crippen molar-refractivity contribution in [1.82, 2.24) is 5.01 Å². The first-order chi connectivity index (χ1) is 6.07. The Kier molecular flexibility index (Phi) is 2.03. The molecule has 0 saturated carbocycles. The van der Waals surface area contributed by atoms with Gasteiger partial charge < -0.3 is 0 Å². The summed E-state index contributed by atoms with van der Waals surface area (Å²) < 4.78 is 2.73.